The molecule has 1 aromatic heterocycles. The highest BCUT2D eigenvalue weighted by Gasteiger charge is 2.28. The molecule has 0 radical (unpaired) electrons. The maximum absolute atomic E-state index is 12.9. The van der Waals surface area contributed by atoms with E-state index in [-0.39, 0.29) is 11.9 Å². The van der Waals surface area contributed by atoms with E-state index in [0.717, 1.165) is 12.8 Å². The van der Waals surface area contributed by atoms with Crippen molar-refractivity contribution < 1.29 is 9.53 Å². The van der Waals surface area contributed by atoms with Gasteiger partial charge in [-0.3, -0.25) is 9.78 Å². The minimum Gasteiger partial charge on any atom is -0.379 e. The highest BCUT2D eigenvalue weighted by atomic mass is 35.5. The van der Waals surface area contributed by atoms with Gasteiger partial charge in [0, 0.05) is 24.4 Å². The predicted octanol–water partition coefficient (Wildman–Crippen LogP) is 3.21. The van der Waals surface area contributed by atoms with E-state index in [4.69, 9.17) is 16.3 Å². The summed E-state index contributed by atoms with van der Waals surface area (Å²) in [6.45, 7) is 1.93. The quantitative estimate of drug-likeness (QED) is 0.845. The lowest BCUT2D eigenvalue weighted by atomic mass is 10.1. The van der Waals surface area contributed by atoms with Crippen LogP contribution in [-0.2, 0) is 11.2 Å². The lowest BCUT2D eigenvalue weighted by Gasteiger charge is -2.28. The molecule has 1 saturated heterocycles. The van der Waals surface area contributed by atoms with Crippen molar-refractivity contribution in [1.82, 2.24) is 9.88 Å². The summed E-state index contributed by atoms with van der Waals surface area (Å²) in [5.41, 5.74) is 1.60. The van der Waals surface area contributed by atoms with E-state index in [1.165, 1.54) is 5.56 Å². The van der Waals surface area contributed by atoms with Crippen LogP contribution in [0.1, 0.15) is 22.5 Å². The second kappa shape index (κ2) is 7.57. The summed E-state index contributed by atoms with van der Waals surface area (Å²) in [6, 6.07) is 13.6. The van der Waals surface area contributed by atoms with Gasteiger partial charge in [0.25, 0.3) is 5.91 Å². The van der Waals surface area contributed by atoms with E-state index in [9.17, 15) is 4.79 Å². The molecule has 0 aliphatic carbocycles. The molecule has 2 aromatic rings. The van der Waals surface area contributed by atoms with E-state index in [1.54, 1.807) is 18.3 Å². The fourth-order valence-corrected chi connectivity index (χ4v) is 2.94. The summed E-state index contributed by atoms with van der Waals surface area (Å²) in [4.78, 5) is 18.9. The summed E-state index contributed by atoms with van der Waals surface area (Å²) >= 11 is 5.99. The zero-order valence-corrected chi connectivity index (χ0v) is 13.6. The summed E-state index contributed by atoms with van der Waals surface area (Å²) in [5, 5.41) is 0.522. The lowest BCUT2D eigenvalue weighted by molar-refractivity contribution is 0.0650. The molecule has 0 spiro atoms. The molecule has 0 saturated carbocycles. The Hall–Kier alpha value is -1.91. The monoisotopic (exact) mass is 330 g/mol. The molecule has 1 fully saturated rings. The zero-order valence-electron chi connectivity index (χ0n) is 12.8. The number of halogens is 1. The van der Waals surface area contributed by atoms with Crippen molar-refractivity contribution in [2.75, 3.05) is 19.8 Å². The molecular weight excluding hydrogens is 312 g/mol. The van der Waals surface area contributed by atoms with E-state index in [2.05, 4.69) is 17.1 Å². The molecule has 1 aliphatic heterocycles. The van der Waals surface area contributed by atoms with Gasteiger partial charge in [0.15, 0.2) is 0 Å². The predicted molar refractivity (Wildman–Crippen MR) is 89.7 cm³/mol. The highest BCUT2D eigenvalue weighted by Crippen LogP contribution is 2.18. The number of carbonyl (C=O) groups excluding carboxylic acids is 1. The van der Waals surface area contributed by atoms with Gasteiger partial charge in [0.05, 0.1) is 12.6 Å². The van der Waals surface area contributed by atoms with Crippen molar-refractivity contribution in [2.24, 2.45) is 0 Å². The normalized spacial score (nSPS) is 17.2. The number of ether oxygens (including phenoxy) is 1. The molecule has 0 bridgehead atoms. The standard InChI is InChI=1S/C18H19ClN2O2/c19-15-6-9-20-17(12-15)18(22)21(16-8-11-23-13-16)10-7-14-4-2-1-3-5-14/h1-6,9,12,16H,7-8,10-11,13H2/t16-/m1/s1. The fourth-order valence-electron chi connectivity index (χ4n) is 2.78. The molecule has 120 valence electrons. The molecule has 3 rings (SSSR count). The van der Waals surface area contributed by atoms with Gasteiger partial charge in [-0.25, -0.2) is 0 Å². The number of carbonyl (C=O) groups is 1. The van der Waals surface area contributed by atoms with E-state index in [1.807, 2.05) is 23.1 Å². The summed E-state index contributed by atoms with van der Waals surface area (Å²) in [7, 11) is 0. The number of amides is 1. The smallest absolute Gasteiger partial charge is 0.272 e. The Morgan fingerprint density at radius 3 is 2.83 bits per heavy atom. The van der Waals surface area contributed by atoms with Crippen LogP contribution in [0.25, 0.3) is 0 Å². The molecule has 1 aromatic carbocycles. The van der Waals surface area contributed by atoms with Crippen LogP contribution in [0.2, 0.25) is 5.02 Å². The van der Waals surface area contributed by atoms with Crippen molar-refractivity contribution in [1.29, 1.82) is 0 Å². The van der Waals surface area contributed by atoms with Crippen LogP contribution >= 0.6 is 11.6 Å². The molecule has 5 heteroatoms. The Labute approximate surface area is 141 Å². The third-order valence-corrected chi connectivity index (χ3v) is 4.27. The number of aromatic nitrogens is 1. The maximum Gasteiger partial charge on any atom is 0.272 e. The Bertz CT molecular complexity index is 657. The number of pyridine rings is 1. The molecule has 1 aliphatic rings. The fraction of sp³-hybridized carbons (Fsp3) is 0.333. The van der Waals surface area contributed by atoms with Crippen molar-refractivity contribution in [3.8, 4) is 0 Å². The molecular formula is C18H19ClN2O2. The Morgan fingerprint density at radius 2 is 2.13 bits per heavy atom. The highest BCUT2D eigenvalue weighted by molar-refractivity contribution is 6.30. The van der Waals surface area contributed by atoms with E-state index < -0.39 is 0 Å². The van der Waals surface area contributed by atoms with Gasteiger partial charge in [-0.15, -0.1) is 0 Å². The van der Waals surface area contributed by atoms with Crippen LogP contribution in [-0.4, -0.2) is 41.6 Å². The maximum atomic E-state index is 12.9. The summed E-state index contributed by atoms with van der Waals surface area (Å²) in [6.07, 6.45) is 3.24. The largest absolute Gasteiger partial charge is 0.379 e. The lowest BCUT2D eigenvalue weighted by Crippen LogP contribution is -2.42. The van der Waals surface area contributed by atoms with E-state index in [0.29, 0.717) is 30.5 Å². The Morgan fingerprint density at radius 1 is 1.30 bits per heavy atom. The first kappa shape index (κ1) is 16.0. The van der Waals surface area contributed by atoms with Crippen LogP contribution in [0.5, 0.6) is 0 Å². The van der Waals surface area contributed by atoms with Gasteiger partial charge >= 0.3 is 0 Å². The van der Waals surface area contributed by atoms with Gasteiger partial charge in [-0.2, -0.15) is 0 Å². The van der Waals surface area contributed by atoms with Crippen LogP contribution in [0.4, 0.5) is 0 Å². The van der Waals surface area contributed by atoms with Crippen LogP contribution in [0, 0.1) is 0 Å². The SMILES string of the molecule is O=C(c1cc(Cl)ccn1)N(CCc1ccccc1)[C@@H]1CCOC1. The molecule has 0 unspecified atom stereocenters. The Balaban J connectivity index is 1.76. The van der Waals surface area contributed by atoms with Crippen molar-refractivity contribution in [2.45, 2.75) is 18.9 Å². The van der Waals surface area contributed by atoms with Crippen LogP contribution in [0.3, 0.4) is 0 Å². The van der Waals surface area contributed by atoms with Crippen molar-refractivity contribution in [3.63, 3.8) is 0 Å². The number of hydrogen-bond donors (Lipinski definition) is 0. The van der Waals surface area contributed by atoms with Gasteiger partial charge in [-0.1, -0.05) is 41.9 Å². The number of benzene rings is 1. The molecule has 1 amide bonds. The summed E-state index contributed by atoms with van der Waals surface area (Å²) in [5.74, 6) is -0.0843. The van der Waals surface area contributed by atoms with Gasteiger partial charge < -0.3 is 9.64 Å². The second-order valence-electron chi connectivity index (χ2n) is 5.61. The van der Waals surface area contributed by atoms with Crippen LogP contribution in [0.15, 0.2) is 48.7 Å². The minimum atomic E-state index is -0.0843. The topological polar surface area (TPSA) is 42.4 Å². The van der Waals surface area contributed by atoms with Crippen molar-refractivity contribution in [3.05, 3.63) is 64.9 Å². The first-order valence-corrected chi connectivity index (χ1v) is 8.16. The molecule has 4 nitrogen and oxygen atoms in total. The molecule has 2 heterocycles. The van der Waals surface area contributed by atoms with Gasteiger partial charge in [0.2, 0.25) is 0 Å². The average molecular weight is 331 g/mol. The third-order valence-electron chi connectivity index (χ3n) is 4.03. The van der Waals surface area contributed by atoms with E-state index >= 15 is 0 Å². The first-order valence-electron chi connectivity index (χ1n) is 7.78. The molecule has 0 N–H and O–H groups in total. The number of hydrogen-bond acceptors (Lipinski definition) is 3. The van der Waals surface area contributed by atoms with Gasteiger partial charge in [0.1, 0.15) is 5.69 Å². The van der Waals surface area contributed by atoms with Gasteiger partial charge in [-0.05, 0) is 30.5 Å². The summed E-state index contributed by atoms with van der Waals surface area (Å²) < 4.78 is 5.46. The first-order chi connectivity index (χ1) is 11.2. The van der Waals surface area contributed by atoms with Crippen molar-refractivity contribution >= 4 is 17.5 Å². The molecule has 23 heavy (non-hydrogen) atoms. The number of nitrogens with zero attached hydrogens (tertiary/aromatic N) is 2. The Kier molecular flexibility index (Phi) is 5.26. The third kappa shape index (κ3) is 4.09. The minimum absolute atomic E-state index is 0.0843. The molecule has 1 atom stereocenters. The zero-order chi connectivity index (χ0) is 16.1. The average Bonchev–Trinajstić information content (AvgIpc) is 3.10. The number of rotatable bonds is 5. The van der Waals surface area contributed by atoms with Crippen LogP contribution < -0.4 is 0 Å². The second-order valence-corrected chi connectivity index (χ2v) is 6.05.